The van der Waals surface area contributed by atoms with Gasteiger partial charge in [0.1, 0.15) is 5.78 Å². The highest BCUT2D eigenvalue weighted by Gasteiger charge is 2.45. The number of carbonyl (C=O) groups is 1. The standard InChI is InChI=1S/C17H24O3S/c1-6-12-17(14(3)18,13(2)16(19-4)20-5)21-15-10-8-7-9-11-15/h6-11,13,16H,1,12H2,2-5H3. The lowest BCUT2D eigenvalue weighted by Gasteiger charge is -2.38. The van der Waals surface area contributed by atoms with E-state index in [1.165, 1.54) is 0 Å². The number of thioether (sulfide) groups is 1. The molecule has 0 amide bonds. The second-order valence-corrected chi connectivity index (χ2v) is 6.39. The summed E-state index contributed by atoms with van der Waals surface area (Å²) in [6.45, 7) is 7.42. The number of Topliss-reactive ketones (excluding diaryl/α,β-unsaturated/α-hetero) is 1. The van der Waals surface area contributed by atoms with Gasteiger partial charge in [-0.1, -0.05) is 31.2 Å². The molecule has 2 atom stereocenters. The summed E-state index contributed by atoms with van der Waals surface area (Å²) in [5.41, 5.74) is 0. The topological polar surface area (TPSA) is 35.5 Å². The lowest BCUT2D eigenvalue weighted by Crippen LogP contribution is -2.46. The van der Waals surface area contributed by atoms with E-state index in [4.69, 9.17) is 9.47 Å². The van der Waals surface area contributed by atoms with E-state index in [9.17, 15) is 4.79 Å². The van der Waals surface area contributed by atoms with Gasteiger partial charge in [-0.25, -0.2) is 0 Å². The van der Waals surface area contributed by atoms with Crippen molar-refractivity contribution in [2.75, 3.05) is 14.2 Å². The molecule has 0 aliphatic carbocycles. The molecule has 0 saturated heterocycles. The number of benzene rings is 1. The van der Waals surface area contributed by atoms with Crippen LogP contribution in [0.5, 0.6) is 0 Å². The van der Waals surface area contributed by atoms with E-state index < -0.39 is 11.0 Å². The van der Waals surface area contributed by atoms with Crippen molar-refractivity contribution in [2.45, 2.75) is 36.2 Å². The van der Waals surface area contributed by atoms with Gasteiger partial charge in [-0.2, -0.15) is 0 Å². The Labute approximate surface area is 131 Å². The zero-order valence-electron chi connectivity index (χ0n) is 13.2. The summed E-state index contributed by atoms with van der Waals surface area (Å²) in [5, 5.41) is 0. The fourth-order valence-corrected chi connectivity index (χ4v) is 3.85. The Balaban J connectivity index is 3.20. The molecule has 3 nitrogen and oxygen atoms in total. The van der Waals surface area contributed by atoms with Gasteiger partial charge in [0.25, 0.3) is 0 Å². The van der Waals surface area contributed by atoms with E-state index in [1.54, 1.807) is 39.0 Å². The first-order chi connectivity index (χ1) is 10.0. The van der Waals surface area contributed by atoms with Crippen molar-refractivity contribution in [1.82, 2.24) is 0 Å². The highest BCUT2D eigenvalue weighted by Crippen LogP contribution is 2.44. The van der Waals surface area contributed by atoms with Crippen molar-refractivity contribution in [3.63, 3.8) is 0 Å². The van der Waals surface area contributed by atoms with Crippen molar-refractivity contribution in [3.05, 3.63) is 43.0 Å². The first kappa shape index (κ1) is 18.0. The SMILES string of the molecule is C=CCC(Sc1ccccc1)(C(C)=O)C(C)C(OC)OC. The van der Waals surface area contributed by atoms with Crippen LogP contribution >= 0.6 is 11.8 Å². The van der Waals surface area contributed by atoms with Gasteiger partial charge in [-0.05, 0) is 25.5 Å². The van der Waals surface area contributed by atoms with Crippen LogP contribution in [0, 0.1) is 5.92 Å². The minimum atomic E-state index is -0.653. The van der Waals surface area contributed by atoms with E-state index >= 15 is 0 Å². The zero-order chi connectivity index (χ0) is 15.9. The summed E-state index contributed by atoms with van der Waals surface area (Å²) in [4.78, 5) is 13.5. The van der Waals surface area contributed by atoms with Crippen LogP contribution in [0.1, 0.15) is 20.3 Å². The third-order valence-electron chi connectivity index (χ3n) is 3.70. The van der Waals surface area contributed by atoms with Crippen LogP contribution in [-0.4, -0.2) is 31.0 Å². The summed E-state index contributed by atoms with van der Waals surface area (Å²) in [5.74, 6) is -0.0175. The van der Waals surface area contributed by atoms with Crippen LogP contribution < -0.4 is 0 Å². The quantitative estimate of drug-likeness (QED) is 0.393. The van der Waals surface area contributed by atoms with Crippen LogP contribution in [0.3, 0.4) is 0 Å². The Morgan fingerprint density at radius 2 is 1.90 bits per heavy atom. The highest BCUT2D eigenvalue weighted by atomic mass is 32.2. The molecule has 0 radical (unpaired) electrons. The Bertz CT molecular complexity index is 456. The van der Waals surface area contributed by atoms with E-state index in [2.05, 4.69) is 6.58 Å². The Kier molecular flexibility index (Phi) is 7.15. The Morgan fingerprint density at radius 1 is 1.33 bits per heavy atom. The predicted molar refractivity (Wildman–Crippen MR) is 87.5 cm³/mol. The van der Waals surface area contributed by atoms with Crippen LogP contribution in [0.25, 0.3) is 0 Å². The number of allylic oxidation sites excluding steroid dienone is 1. The van der Waals surface area contributed by atoms with Gasteiger partial charge in [-0.3, -0.25) is 4.79 Å². The van der Waals surface area contributed by atoms with Crippen LogP contribution in [0.15, 0.2) is 47.9 Å². The fraction of sp³-hybridized carbons (Fsp3) is 0.471. The second kappa shape index (κ2) is 8.37. The maximum Gasteiger partial charge on any atom is 0.161 e. The van der Waals surface area contributed by atoms with Crippen molar-refractivity contribution in [3.8, 4) is 0 Å². The molecule has 1 aromatic carbocycles. The Morgan fingerprint density at radius 3 is 2.33 bits per heavy atom. The summed E-state index contributed by atoms with van der Waals surface area (Å²) < 4.78 is 10.1. The van der Waals surface area contributed by atoms with Gasteiger partial charge >= 0.3 is 0 Å². The molecule has 4 heteroatoms. The van der Waals surface area contributed by atoms with Gasteiger partial charge in [0.2, 0.25) is 0 Å². The minimum absolute atomic E-state index is 0.0999. The molecule has 21 heavy (non-hydrogen) atoms. The van der Waals surface area contributed by atoms with Crippen LogP contribution in [0.4, 0.5) is 0 Å². The zero-order valence-corrected chi connectivity index (χ0v) is 14.0. The number of hydrogen-bond acceptors (Lipinski definition) is 4. The first-order valence-corrected chi connectivity index (χ1v) is 7.75. The van der Waals surface area contributed by atoms with E-state index in [1.807, 2.05) is 37.3 Å². The fourth-order valence-electron chi connectivity index (χ4n) is 2.49. The molecule has 0 aliphatic heterocycles. The largest absolute Gasteiger partial charge is 0.356 e. The molecular formula is C17H24O3S. The molecule has 2 unspecified atom stereocenters. The molecule has 1 aromatic rings. The normalized spacial score (nSPS) is 15.5. The smallest absolute Gasteiger partial charge is 0.161 e. The third kappa shape index (κ3) is 4.19. The van der Waals surface area contributed by atoms with Crippen molar-refractivity contribution in [1.29, 1.82) is 0 Å². The van der Waals surface area contributed by atoms with Gasteiger partial charge in [-0.15, -0.1) is 18.3 Å². The number of ether oxygens (including phenoxy) is 2. The lowest BCUT2D eigenvalue weighted by molar-refractivity contribution is -0.148. The number of methoxy groups -OCH3 is 2. The van der Waals surface area contributed by atoms with Crippen molar-refractivity contribution in [2.24, 2.45) is 5.92 Å². The summed E-state index contributed by atoms with van der Waals surface area (Å²) in [6, 6.07) is 9.91. The molecule has 0 spiro atoms. The maximum atomic E-state index is 12.5. The molecule has 116 valence electrons. The molecule has 0 saturated carbocycles. The van der Waals surface area contributed by atoms with Gasteiger partial charge in [0.15, 0.2) is 6.29 Å². The summed E-state index contributed by atoms with van der Waals surface area (Å²) >= 11 is 1.56. The summed E-state index contributed by atoms with van der Waals surface area (Å²) in [6.07, 6.45) is 1.91. The third-order valence-corrected chi connectivity index (χ3v) is 5.39. The molecule has 0 heterocycles. The molecule has 0 bridgehead atoms. The molecule has 0 N–H and O–H groups in total. The lowest BCUT2D eigenvalue weighted by atomic mass is 9.86. The predicted octanol–water partition coefficient (Wildman–Crippen LogP) is 3.94. The van der Waals surface area contributed by atoms with E-state index in [0.717, 1.165) is 4.90 Å². The average Bonchev–Trinajstić information content (AvgIpc) is 2.48. The van der Waals surface area contributed by atoms with Crippen molar-refractivity contribution < 1.29 is 14.3 Å². The Hall–Kier alpha value is -1.10. The number of ketones is 1. The molecule has 0 fully saturated rings. The highest BCUT2D eigenvalue weighted by molar-refractivity contribution is 8.01. The van der Waals surface area contributed by atoms with E-state index in [0.29, 0.717) is 6.42 Å². The molecule has 0 aliphatic rings. The van der Waals surface area contributed by atoms with Crippen LogP contribution in [0.2, 0.25) is 0 Å². The molecule has 0 aromatic heterocycles. The number of hydrogen-bond donors (Lipinski definition) is 0. The first-order valence-electron chi connectivity index (χ1n) is 6.93. The van der Waals surface area contributed by atoms with Gasteiger partial charge in [0.05, 0.1) is 4.75 Å². The van der Waals surface area contributed by atoms with Gasteiger partial charge in [0, 0.05) is 25.0 Å². The van der Waals surface area contributed by atoms with Gasteiger partial charge < -0.3 is 9.47 Å². The summed E-state index contributed by atoms with van der Waals surface area (Å²) in [7, 11) is 3.19. The maximum absolute atomic E-state index is 12.5. The molecule has 1 rings (SSSR count). The van der Waals surface area contributed by atoms with E-state index in [-0.39, 0.29) is 11.7 Å². The minimum Gasteiger partial charge on any atom is -0.356 e. The number of carbonyl (C=O) groups excluding carboxylic acids is 1. The monoisotopic (exact) mass is 308 g/mol. The van der Waals surface area contributed by atoms with Crippen LogP contribution in [-0.2, 0) is 14.3 Å². The second-order valence-electron chi connectivity index (χ2n) is 4.98. The average molecular weight is 308 g/mol. The van der Waals surface area contributed by atoms with Crippen molar-refractivity contribution >= 4 is 17.5 Å². The molecular weight excluding hydrogens is 284 g/mol. The number of rotatable bonds is 9.